The fraction of sp³-hybridized carbons (Fsp3) is 0.100. The van der Waals surface area contributed by atoms with E-state index in [1.54, 1.807) is 29.8 Å². The van der Waals surface area contributed by atoms with E-state index in [4.69, 9.17) is 9.68 Å². The third-order valence-electron chi connectivity index (χ3n) is 3.99. The van der Waals surface area contributed by atoms with E-state index in [9.17, 15) is 4.79 Å². The molecule has 6 nitrogen and oxygen atoms in total. The molecule has 1 unspecified atom stereocenters. The number of carbonyl (C=O) groups is 1. The molecular weight excluding hydrogens is 392 g/mol. The van der Waals surface area contributed by atoms with E-state index in [-0.39, 0.29) is 5.91 Å². The standard InChI is InChI=1S/C20H14N4O2S2/c1-12(18(25)24-19-13(11-21)8-10-27-19)28-20-14-5-2-3-6-15(14)22-17(23-20)16-7-4-9-26-16/h2-10,12H,1H3,(H,24,25). The Bertz CT molecular complexity index is 1180. The highest BCUT2D eigenvalue weighted by Gasteiger charge is 2.20. The van der Waals surface area contributed by atoms with Gasteiger partial charge in [-0.15, -0.1) is 11.3 Å². The van der Waals surface area contributed by atoms with Crippen molar-refractivity contribution >= 4 is 44.9 Å². The highest BCUT2D eigenvalue weighted by atomic mass is 32.2. The number of thioether (sulfide) groups is 1. The Morgan fingerprint density at radius 3 is 2.89 bits per heavy atom. The first kappa shape index (κ1) is 18.2. The molecule has 0 bridgehead atoms. The van der Waals surface area contributed by atoms with Gasteiger partial charge in [-0.05, 0) is 36.6 Å². The first-order valence-electron chi connectivity index (χ1n) is 8.41. The van der Waals surface area contributed by atoms with Crippen LogP contribution < -0.4 is 5.32 Å². The number of nitriles is 1. The Balaban J connectivity index is 1.63. The number of para-hydroxylation sites is 1. The Labute approximate surface area is 169 Å². The number of nitrogens with zero attached hydrogens (tertiary/aromatic N) is 3. The van der Waals surface area contributed by atoms with Crippen molar-refractivity contribution in [3.05, 3.63) is 59.7 Å². The minimum absolute atomic E-state index is 0.189. The van der Waals surface area contributed by atoms with Crippen LogP contribution in [0.2, 0.25) is 0 Å². The van der Waals surface area contributed by atoms with Gasteiger partial charge in [0.2, 0.25) is 5.91 Å². The van der Waals surface area contributed by atoms with Gasteiger partial charge in [-0.3, -0.25) is 4.79 Å². The average molecular weight is 406 g/mol. The second-order valence-electron chi connectivity index (χ2n) is 5.87. The van der Waals surface area contributed by atoms with Gasteiger partial charge in [0.15, 0.2) is 11.6 Å². The fourth-order valence-electron chi connectivity index (χ4n) is 2.58. The van der Waals surface area contributed by atoms with E-state index in [1.807, 2.05) is 31.2 Å². The smallest absolute Gasteiger partial charge is 0.238 e. The predicted molar refractivity (Wildman–Crippen MR) is 110 cm³/mol. The van der Waals surface area contributed by atoms with E-state index in [2.05, 4.69) is 21.4 Å². The molecule has 0 radical (unpaired) electrons. The number of hydrogen-bond acceptors (Lipinski definition) is 7. The lowest BCUT2D eigenvalue weighted by Crippen LogP contribution is -2.22. The van der Waals surface area contributed by atoms with Crippen molar-refractivity contribution in [2.24, 2.45) is 0 Å². The van der Waals surface area contributed by atoms with Crippen LogP contribution in [-0.4, -0.2) is 21.1 Å². The maximum absolute atomic E-state index is 12.6. The summed E-state index contributed by atoms with van der Waals surface area (Å²) in [6.07, 6.45) is 1.57. The molecule has 0 aliphatic rings. The molecule has 3 heterocycles. The summed E-state index contributed by atoms with van der Waals surface area (Å²) in [6.45, 7) is 1.81. The molecule has 1 aromatic carbocycles. The topological polar surface area (TPSA) is 91.8 Å². The monoisotopic (exact) mass is 406 g/mol. The van der Waals surface area contributed by atoms with Crippen molar-refractivity contribution in [3.63, 3.8) is 0 Å². The van der Waals surface area contributed by atoms with Crippen LogP contribution in [0.4, 0.5) is 5.00 Å². The first-order valence-corrected chi connectivity index (χ1v) is 10.2. The van der Waals surface area contributed by atoms with Crippen LogP contribution in [0, 0.1) is 11.3 Å². The van der Waals surface area contributed by atoms with Gasteiger partial charge in [-0.25, -0.2) is 9.97 Å². The van der Waals surface area contributed by atoms with Gasteiger partial charge in [0.25, 0.3) is 0 Å². The van der Waals surface area contributed by atoms with Crippen LogP contribution in [0.3, 0.4) is 0 Å². The van der Waals surface area contributed by atoms with Crippen LogP contribution >= 0.6 is 23.1 Å². The van der Waals surface area contributed by atoms with Gasteiger partial charge in [0.1, 0.15) is 16.1 Å². The molecule has 1 amide bonds. The van der Waals surface area contributed by atoms with Crippen molar-refractivity contribution in [1.29, 1.82) is 5.26 Å². The van der Waals surface area contributed by atoms with E-state index < -0.39 is 5.25 Å². The molecule has 1 N–H and O–H groups in total. The van der Waals surface area contributed by atoms with Gasteiger partial charge >= 0.3 is 0 Å². The lowest BCUT2D eigenvalue weighted by molar-refractivity contribution is -0.115. The van der Waals surface area contributed by atoms with Crippen LogP contribution in [-0.2, 0) is 4.79 Å². The zero-order valence-corrected chi connectivity index (χ0v) is 16.4. The summed E-state index contributed by atoms with van der Waals surface area (Å²) in [7, 11) is 0. The molecule has 138 valence electrons. The molecule has 3 aromatic heterocycles. The van der Waals surface area contributed by atoms with Crippen LogP contribution in [0.1, 0.15) is 12.5 Å². The number of nitrogens with one attached hydrogen (secondary N) is 1. The number of furan rings is 1. The first-order chi connectivity index (χ1) is 13.7. The van der Waals surface area contributed by atoms with Gasteiger partial charge in [0, 0.05) is 5.39 Å². The van der Waals surface area contributed by atoms with Crippen LogP contribution in [0.5, 0.6) is 0 Å². The summed E-state index contributed by atoms with van der Waals surface area (Å²) in [6, 6.07) is 15.0. The number of fused-ring (bicyclic) bond motifs is 1. The van der Waals surface area contributed by atoms with E-state index in [0.717, 1.165) is 10.9 Å². The third-order valence-corrected chi connectivity index (χ3v) is 5.92. The molecule has 4 rings (SSSR count). The van der Waals surface area contributed by atoms with Crippen molar-refractivity contribution in [1.82, 2.24) is 9.97 Å². The highest BCUT2D eigenvalue weighted by Crippen LogP contribution is 2.32. The Morgan fingerprint density at radius 2 is 2.11 bits per heavy atom. The predicted octanol–water partition coefficient (Wildman–Crippen LogP) is 4.94. The number of thiophene rings is 1. The molecule has 0 fully saturated rings. The summed E-state index contributed by atoms with van der Waals surface area (Å²) in [4.78, 5) is 21.8. The van der Waals surface area contributed by atoms with Gasteiger partial charge in [0.05, 0.1) is 22.6 Å². The minimum Gasteiger partial charge on any atom is -0.461 e. The van der Waals surface area contributed by atoms with E-state index in [0.29, 0.717) is 27.2 Å². The molecule has 4 aromatic rings. The second-order valence-corrected chi connectivity index (χ2v) is 8.12. The number of rotatable bonds is 5. The largest absolute Gasteiger partial charge is 0.461 e. The van der Waals surface area contributed by atoms with Crippen molar-refractivity contribution < 1.29 is 9.21 Å². The normalized spacial score (nSPS) is 11.9. The molecule has 0 aliphatic carbocycles. The molecule has 8 heteroatoms. The summed E-state index contributed by atoms with van der Waals surface area (Å²) in [5, 5.41) is 15.4. The SMILES string of the molecule is CC(Sc1nc(-c2ccco2)nc2ccccc12)C(=O)Nc1sccc1C#N. The van der Waals surface area contributed by atoms with Crippen LogP contribution in [0.15, 0.2) is 63.6 Å². The number of amides is 1. The summed E-state index contributed by atoms with van der Waals surface area (Å²) in [5.41, 5.74) is 1.24. The number of benzene rings is 1. The molecule has 0 aliphatic heterocycles. The van der Waals surface area contributed by atoms with Gasteiger partial charge in [-0.2, -0.15) is 5.26 Å². The molecule has 1 atom stereocenters. The molecule has 0 saturated carbocycles. The van der Waals surface area contributed by atoms with Gasteiger partial charge < -0.3 is 9.73 Å². The molecule has 0 saturated heterocycles. The number of carbonyl (C=O) groups excluding carboxylic acids is 1. The van der Waals surface area contributed by atoms with Crippen LogP contribution in [0.25, 0.3) is 22.5 Å². The molecule has 0 spiro atoms. The summed E-state index contributed by atoms with van der Waals surface area (Å²) >= 11 is 2.67. The zero-order valence-electron chi connectivity index (χ0n) is 14.7. The second kappa shape index (κ2) is 7.84. The number of hydrogen-bond donors (Lipinski definition) is 1. The minimum atomic E-state index is -0.420. The van der Waals surface area contributed by atoms with E-state index in [1.165, 1.54) is 23.1 Å². The Hall–Kier alpha value is -3.15. The summed E-state index contributed by atoms with van der Waals surface area (Å²) < 4.78 is 5.43. The third kappa shape index (κ3) is 3.63. The summed E-state index contributed by atoms with van der Waals surface area (Å²) in [5.74, 6) is 0.858. The lowest BCUT2D eigenvalue weighted by Gasteiger charge is -2.13. The lowest BCUT2D eigenvalue weighted by atomic mass is 10.2. The number of aromatic nitrogens is 2. The van der Waals surface area contributed by atoms with E-state index >= 15 is 0 Å². The Kier molecular flexibility index (Phi) is 5.10. The quantitative estimate of drug-likeness (QED) is 0.373. The average Bonchev–Trinajstić information content (AvgIpc) is 3.39. The highest BCUT2D eigenvalue weighted by molar-refractivity contribution is 8.00. The van der Waals surface area contributed by atoms with Gasteiger partial charge in [-0.1, -0.05) is 30.0 Å². The maximum atomic E-state index is 12.6. The number of anilines is 1. The van der Waals surface area contributed by atoms with Crippen molar-refractivity contribution in [2.45, 2.75) is 17.2 Å². The van der Waals surface area contributed by atoms with Crippen molar-refractivity contribution in [2.75, 3.05) is 5.32 Å². The molecule has 28 heavy (non-hydrogen) atoms. The zero-order chi connectivity index (χ0) is 19.5. The molecular formula is C20H14N4O2S2. The van der Waals surface area contributed by atoms with Crippen molar-refractivity contribution in [3.8, 4) is 17.7 Å². The maximum Gasteiger partial charge on any atom is 0.238 e. The fourth-order valence-corrected chi connectivity index (χ4v) is 4.26. The Morgan fingerprint density at radius 1 is 1.25 bits per heavy atom.